The second-order valence-corrected chi connectivity index (χ2v) is 7.46. The zero-order valence-electron chi connectivity index (χ0n) is 15.5. The summed E-state index contributed by atoms with van der Waals surface area (Å²) >= 11 is 5.89. The van der Waals surface area contributed by atoms with Gasteiger partial charge in [0.2, 0.25) is 0 Å². The molecule has 6 heteroatoms. The number of hydrogen-bond donors (Lipinski definition) is 3. The summed E-state index contributed by atoms with van der Waals surface area (Å²) < 4.78 is 5.77. The summed E-state index contributed by atoms with van der Waals surface area (Å²) in [7, 11) is 0. The molecule has 3 rings (SSSR count). The van der Waals surface area contributed by atoms with Gasteiger partial charge in [0.1, 0.15) is 5.75 Å². The van der Waals surface area contributed by atoms with Gasteiger partial charge in [-0.05, 0) is 41.8 Å². The minimum atomic E-state index is -0.421. The molecule has 144 valence electrons. The second kappa shape index (κ2) is 9.11. The fourth-order valence-electron chi connectivity index (χ4n) is 2.65. The SMILES string of the molecule is CC(CO)(CCl)COc1ccc(Cc2ccc(NC3=NCCN3)cc2)cc1. The van der Waals surface area contributed by atoms with E-state index < -0.39 is 5.41 Å². The summed E-state index contributed by atoms with van der Waals surface area (Å²) in [6.07, 6.45) is 0.857. The van der Waals surface area contributed by atoms with Crippen LogP contribution in [0.5, 0.6) is 5.75 Å². The minimum absolute atomic E-state index is 0.00282. The first-order valence-corrected chi connectivity index (χ1v) is 9.66. The number of ether oxygens (including phenoxy) is 1. The Labute approximate surface area is 165 Å². The molecule has 0 aromatic heterocycles. The van der Waals surface area contributed by atoms with Gasteiger partial charge in [-0.1, -0.05) is 31.2 Å². The highest BCUT2D eigenvalue weighted by Gasteiger charge is 2.23. The first-order valence-electron chi connectivity index (χ1n) is 9.13. The van der Waals surface area contributed by atoms with Crippen molar-refractivity contribution in [1.29, 1.82) is 0 Å². The lowest BCUT2D eigenvalue weighted by atomic mass is 9.96. The quantitative estimate of drug-likeness (QED) is 0.608. The van der Waals surface area contributed by atoms with E-state index in [2.05, 4.69) is 52.0 Å². The van der Waals surface area contributed by atoms with E-state index in [0.717, 1.165) is 36.9 Å². The van der Waals surface area contributed by atoms with E-state index in [0.29, 0.717) is 12.5 Å². The van der Waals surface area contributed by atoms with Gasteiger partial charge in [-0.3, -0.25) is 4.99 Å². The normalized spacial score (nSPS) is 15.6. The minimum Gasteiger partial charge on any atom is -0.493 e. The molecule has 0 saturated heterocycles. The number of anilines is 1. The molecule has 1 heterocycles. The third-order valence-corrected chi connectivity index (χ3v) is 5.16. The number of aliphatic imine (C=N–C) groups is 1. The number of benzene rings is 2. The van der Waals surface area contributed by atoms with Gasteiger partial charge in [0.15, 0.2) is 5.96 Å². The molecule has 0 amide bonds. The van der Waals surface area contributed by atoms with Crippen LogP contribution < -0.4 is 15.4 Å². The number of halogens is 1. The molecule has 1 aliphatic rings. The van der Waals surface area contributed by atoms with Crippen molar-refractivity contribution < 1.29 is 9.84 Å². The van der Waals surface area contributed by atoms with Gasteiger partial charge in [-0.15, -0.1) is 11.6 Å². The van der Waals surface area contributed by atoms with Crippen LogP contribution in [0.25, 0.3) is 0 Å². The number of hydrogen-bond acceptors (Lipinski definition) is 5. The van der Waals surface area contributed by atoms with E-state index >= 15 is 0 Å². The van der Waals surface area contributed by atoms with Gasteiger partial charge in [-0.2, -0.15) is 0 Å². The van der Waals surface area contributed by atoms with Crippen molar-refractivity contribution in [2.75, 3.05) is 37.5 Å². The Hall–Kier alpha value is -2.24. The lowest BCUT2D eigenvalue weighted by molar-refractivity contribution is 0.100. The smallest absolute Gasteiger partial charge is 0.195 e. The number of aliphatic hydroxyl groups excluding tert-OH is 1. The number of aliphatic hydroxyl groups is 1. The van der Waals surface area contributed by atoms with Crippen molar-refractivity contribution in [3.63, 3.8) is 0 Å². The van der Waals surface area contributed by atoms with Gasteiger partial charge in [0.05, 0.1) is 19.8 Å². The number of nitrogens with one attached hydrogen (secondary N) is 2. The average Bonchev–Trinajstić information content (AvgIpc) is 3.22. The lowest BCUT2D eigenvalue weighted by Crippen LogP contribution is -2.31. The predicted octanol–water partition coefficient (Wildman–Crippen LogP) is 3.26. The van der Waals surface area contributed by atoms with Gasteiger partial charge < -0.3 is 20.5 Å². The van der Waals surface area contributed by atoms with E-state index in [1.54, 1.807) is 0 Å². The Kier molecular flexibility index (Phi) is 6.58. The first-order chi connectivity index (χ1) is 13.1. The van der Waals surface area contributed by atoms with E-state index in [1.165, 1.54) is 11.1 Å². The van der Waals surface area contributed by atoms with Gasteiger partial charge in [-0.25, -0.2) is 0 Å². The highest BCUT2D eigenvalue weighted by Crippen LogP contribution is 2.22. The molecule has 2 aromatic carbocycles. The van der Waals surface area contributed by atoms with Gasteiger partial charge in [0, 0.05) is 23.5 Å². The number of alkyl halides is 1. The van der Waals surface area contributed by atoms with Crippen LogP contribution in [0.1, 0.15) is 18.1 Å². The summed E-state index contributed by atoms with van der Waals surface area (Å²) in [5.41, 5.74) is 3.06. The zero-order valence-corrected chi connectivity index (χ0v) is 16.3. The molecule has 27 heavy (non-hydrogen) atoms. The lowest BCUT2D eigenvalue weighted by Gasteiger charge is -2.24. The van der Waals surface area contributed by atoms with Crippen molar-refractivity contribution in [3.8, 4) is 5.75 Å². The molecule has 0 aliphatic carbocycles. The Bertz CT molecular complexity index is 756. The van der Waals surface area contributed by atoms with E-state index in [-0.39, 0.29) is 6.61 Å². The molecule has 1 aliphatic heterocycles. The summed E-state index contributed by atoms with van der Waals surface area (Å²) in [6.45, 7) is 4.02. The molecule has 0 radical (unpaired) electrons. The molecule has 0 fully saturated rings. The molecule has 3 N–H and O–H groups in total. The number of rotatable bonds is 8. The molecule has 5 nitrogen and oxygen atoms in total. The molecule has 2 aromatic rings. The van der Waals surface area contributed by atoms with Crippen molar-refractivity contribution in [2.45, 2.75) is 13.3 Å². The van der Waals surface area contributed by atoms with Crippen molar-refractivity contribution in [2.24, 2.45) is 10.4 Å². The Morgan fingerprint density at radius 2 is 1.81 bits per heavy atom. The molecular weight excluding hydrogens is 362 g/mol. The molecule has 0 bridgehead atoms. The first kappa shape index (κ1) is 19.5. The zero-order chi connectivity index (χ0) is 19.1. The summed E-state index contributed by atoms with van der Waals surface area (Å²) in [4.78, 5) is 4.33. The molecule has 1 atom stereocenters. The van der Waals surface area contributed by atoms with Crippen LogP contribution in [0.15, 0.2) is 53.5 Å². The summed E-state index contributed by atoms with van der Waals surface area (Å²) in [6, 6.07) is 16.4. The van der Waals surface area contributed by atoms with E-state index in [9.17, 15) is 5.11 Å². The fourth-order valence-corrected chi connectivity index (χ4v) is 2.81. The monoisotopic (exact) mass is 387 g/mol. The standard InChI is InChI=1S/C21H26ClN3O2/c1-21(13-22,14-26)15-27-19-8-4-17(5-9-19)12-16-2-6-18(7-3-16)25-20-23-10-11-24-20/h2-9,26H,10-15H2,1H3,(H2,23,24,25). The molecule has 0 saturated carbocycles. The number of guanidine groups is 1. The molecule has 1 unspecified atom stereocenters. The van der Waals surface area contributed by atoms with E-state index in [1.807, 2.05) is 19.1 Å². The Morgan fingerprint density at radius 1 is 1.15 bits per heavy atom. The largest absolute Gasteiger partial charge is 0.493 e. The highest BCUT2D eigenvalue weighted by molar-refractivity contribution is 6.18. The predicted molar refractivity (Wildman–Crippen MR) is 111 cm³/mol. The van der Waals surface area contributed by atoms with Crippen LogP contribution in [0.3, 0.4) is 0 Å². The van der Waals surface area contributed by atoms with Crippen molar-refractivity contribution in [1.82, 2.24) is 5.32 Å². The Morgan fingerprint density at radius 3 is 2.37 bits per heavy atom. The average molecular weight is 388 g/mol. The van der Waals surface area contributed by atoms with Crippen molar-refractivity contribution in [3.05, 3.63) is 59.7 Å². The van der Waals surface area contributed by atoms with E-state index in [4.69, 9.17) is 16.3 Å². The van der Waals surface area contributed by atoms with Crippen LogP contribution >= 0.6 is 11.6 Å². The third kappa shape index (κ3) is 5.62. The van der Waals surface area contributed by atoms with Gasteiger partial charge >= 0.3 is 0 Å². The maximum Gasteiger partial charge on any atom is 0.195 e. The van der Waals surface area contributed by atoms with Crippen LogP contribution in [-0.4, -0.2) is 43.2 Å². The summed E-state index contributed by atoms with van der Waals surface area (Å²) in [5.74, 6) is 1.98. The second-order valence-electron chi connectivity index (χ2n) is 7.19. The van der Waals surface area contributed by atoms with Crippen LogP contribution in [0, 0.1) is 5.41 Å². The highest BCUT2D eigenvalue weighted by atomic mass is 35.5. The molecular formula is C21H26ClN3O2. The Balaban J connectivity index is 1.53. The maximum absolute atomic E-state index is 9.39. The van der Waals surface area contributed by atoms with Crippen LogP contribution in [-0.2, 0) is 6.42 Å². The number of nitrogens with zero attached hydrogens (tertiary/aromatic N) is 1. The van der Waals surface area contributed by atoms with Crippen LogP contribution in [0.4, 0.5) is 5.69 Å². The summed E-state index contributed by atoms with van der Waals surface area (Å²) in [5, 5.41) is 15.9. The van der Waals surface area contributed by atoms with Crippen LogP contribution in [0.2, 0.25) is 0 Å². The van der Waals surface area contributed by atoms with Gasteiger partial charge in [0.25, 0.3) is 0 Å². The maximum atomic E-state index is 9.39. The fraction of sp³-hybridized carbons (Fsp3) is 0.381. The topological polar surface area (TPSA) is 65.9 Å². The van der Waals surface area contributed by atoms with Crippen molar-refractivity contribution >= 4 is 23.2 Å². The third-order valence-electron chi connectivity index (χ3n) is 4.51. The molecule has 0 spiro atoms.